The Hall–Kier alpha value is -3.09. The monoisotopic (exact) mass is 451 g/mol. The summed E-state index contributed by atoms with van der Waals surface area (Å²) < 4.78 is 6.99. The SMILES string of the molecule is COCC(=O)N1CCN(C(=O)c2cc(-c3ccccc3)n(-c3ccccc3Cl)c2C)CC1. The summed E-state index contributed by atoms with van der Waals surface area (Å²) in [4.78, 5) is 29.1. The second kappa shape index (κ2) is 9.59. The zero-order chi connectivity index (χ0) is 22.7. The Morgan fingerprint density at radius 1 is 0.938 bits per heavy atom. The van der Waals surface area contributed by atoms with E-state index in [0.717, 1.165) is 22.6 Å². The lowest BCUT2D eigenvalue weighted by Gasteiger charge is -2.34. The lowest BCUT2D eigenvalue weighted by Crippen LogP contribution is -2.51. The highest BCUT2D eigenvalue weighted by Crippen LogP contribution is 2.33. The van der Waals surface area contributed by atoms with E-state index in [4.69, 9.17) is 16.3 Å². The summed E-state index contributed by atoms with van der Waals surface area (Å²) in [5.74, 6) is -0.0867. The summed E-state index contributed by atoms with van der Waals surface area (Å²) in [5.41, 5.74) is 4.22. The van der Waals surface area contributed by atoms with Gasteiger partial charge < -0.3 is 19.1 Å². The molecule has 0 atom stereocenters. The van der Waals surface area contributed by atoms with E-state index in [9.17, 15) is 9.59 Å². The average molecular weight is 452 g/mol. The van der Waals surface area contributed by atoms with E-state index in [0.29, 0.717) is 36.8 Å². The van der Waals surface area contributed by atoms with Gasteiger partial charge in [0.2, 0.25) is 5.91 Å². The van der Waals surface area contributed by atoms with Crippen molar-refractivity contribution in [3.8, 4) is 16.9 Å². The molecule has 1 aromatic heterocycles. The second-order valence-corrected chi connectivity index (χ2v) is 8.19. The lowest BCUT2D eigenvalue weighted by molar-refractivity contribution is -0.136. The largest absolute Gasteiger partial charge is 0.375 e. The number of carbonyl (C=O) groups is 2. The fraction of sp³-hybridized carbons (Fsp3) is 0.280. The smallest absolute Gasteiger partial charge is 0.255 e. The van der Waals surface area contributed by atoms with Crippen molar-refractivity contribution in [1.82, 2.24) is 14.4 Å². The van der Waals surface area contributed by atoms with E-state index < -0.39 is 0 Å². The van der Waals surface area contributed by atoms with Crippen LogP contribution in [0.1, 0.15) is 16.1 Å². The number of halogens is 1. The van der Waals surface area contributed by atoms with Gasteiger partial charge in [0, 0.05) is 39.0 Å². The number of para-hydroxylation sites is 1. The fourth-order valence-corrected chi connectivity index (χ4v) is 4.35. The van der Waals surface area contributed by atoms with Gasteiger partial charge in [-0.05, 0) is 30.7 Å². The van der Waals surface area contributed by atoms with E-state index in [1.54, 1.807) is 4.90 Å². The predicted molar refractivity (Wildman–Crippen MR) is 125 cm³/mol. The third-order valence-corrected chi connectivity index (χ3v) is 6.15. The van der Waals surface area contributed by atoms with E-state index in [1.165, 1.54) is 7.11 Å². The second-order valence-electron chi connectivity index (χ2n) is 7.79. The first-order valence-corrected chi connectivity index (χ1v) is 11.0. The van der Waals surface area contributed by atoms with Crippen LogP contribution in [0.3, 0.4) is 0 Å². The van der Waals surface area contributed by atoms with Crippen molar-refractivity contribution in [1.29, 1.82) is 0 Å². The van der Waals surface area contributed by atoms with Crippen LogP contribution >= 0.6 is 11.6 Å². The summed E-state index contributed by atoms with van der Waals surface area (Å²) in [6.45, 7) is 4.00. The van der Waals surface area contributed by atoms with Gasteiger partial charge in [-0.2, -0.15) is 0 Å². The van der Waals surface area contributed by atoms with Crippen LogP contribution in [0.5, 0.6) is 0 Å². The van der Waals surface area contributed by atoms with E-state index in [-0.39, 0.29) is 18.4 Å². The molecule has 7 heteroatoms. The Bertz CT molecular complexity index is 1120. The van der Waals surface area contributed by atoms with Gasteiger partial charge in [-0.3, -0.25) is 9.59 Å². The van der Waals surface area contributed by atoms with Crippen LogP contribution in [-0.4, -0.2) is 66.1 Å². The summed E-state index contributed by atoms with van der Waals surface area (Å²) in [6.07, 6.45) is 0. The molecule has 0 unspecified atom stereocenters. The minimum atomic E-state index is -0.0491. The number of amides is 2. The molecule has 0 aliphatic carbocycles. The molecule has 166 valence electrons. The third kappa shape index (κ3) is 4.29. The van der Waals surface area contributed by atoms with E-state index in [1.807, 2.05) is 77.1 Å². The number of hydrogen-bond donors (Lipinski definition) is 0. The summed E-state index contributed by atoms with van der Waals surface area (Å²) >= 11 is 6.54. The number of ether oxygens (including phenoxy) is 1. The lowest BCUT2D eigenvalue weighted by atomic mass is 10.1. The van der Waals surface area contributed by atoms with Crippen molar-refractivity contribution in [2.75, 3.05) is 39.9 Å². The maximum Gasteiger partial charge on any atom is 0.255 e. The molecule has 1 saturated heterocycles. The molecule has 1 aliphatic heterocycles. The van der Waals surface area contributed by atoms with Gasteiger partial charge >= 0.3 is 0 Å². The van der Waals surface area contributed by atoms with E-state index in [2.05, 4.69) is 0 Å². The summed E-state index contributed by atoms with van der Waals surface area (Å²) in [6, 6.07) is 19.6. The van der Waals surface area contributed by atoms with Crippen LogP contribution in [0, 0.1) is 6.92 Å². The van der Waals surface area contributed by atoms with Gasteiger partial charge in [-0.1, -0.05) is 54.1 Å². The number of piperazine rings is 1. The van der Waals surface area contributed by atoms with Gasteiger partial charge in [0.1, 0.15) is 6.61 Å². The Kier molecular flexibility index (Phi) is 6.63. The van der Waals surface area contributed by atoms with Crippen molar-refractivity contribution < 1.29 is 14.3 Å². The minimum absolute atomic E-state index is 0.0377. The van der Waals surface area contributed by atoms with Gasteiger partial charge in [0.05, 0.1) is 22.0 Å². The highest BCUT2D eigenvalue weighted by Gasteiger charge is 2.28. The summed E-state index contributed by atoms with van der Waals surface area (Å²) in [5, 5.41) is 0.618. The fourth-order valence-electron chi connectivity index (χ4n) is 4.13. The molecule has 2 amide bonds. The standard InChI is InChI=1S/C25H26ClN3O3/c1-18-20(25(31)28-14-12-27(13-15-28)24(30)17-32-2)16-23(19-8-4-3-5-9-19)29(18)22-11-7-6-10-21(22)26/h3-11,16H,12-15,17H2,1-2H3. The first-order chi connectivity index (χ1) is 15.5. The van der Waals surface area contributed by atoms with Gasteiger partial charge in [0.15, 0.2) is 0 Å². The Labute approximate surface area is 193 Å². The molecule has 0 bridgehead atoms. The molecule has 0 spiro atoms. The molecule has 32 heavy (non-hydrogen) atoms. The number of hydrogen-bond acceptors (Lipinski definition) is 3. The molecule has 0 radical (unpaired) electrons. The quantitative estimate of drug-likeness (QED) is 0.588. The molecule has 4 rings (SSSR count). The van der Waals surface area contributed by atoms with Gasteiger partial charge in [-0.25, -0.2) is 0 Å². The van der Waals surface area contributed by atoms with Crippen LogP contribution in [0.25, 0.3) is 16.9 Å². The van der Waals surface area contributed by atoms with Crippen LogP contribution in [0.4, 0.5) is 0 Å². The van der Waals surface area contributed by atoms with E-state index >= 15 is 0 Å². The van der Waals surface area contributed by atoms with Crippen molar-refractivity contribution in [3.05, 3.63) is 76.9 Å². The number of benzene rings is 2. The molecular formula is C25H26ClN3O3. The molecule has 2 heterocycles. The normalized spacial score (nSPS) is 14.0. The van der Waals surface area contributed by atoms with Crippen molar-refractivity contribution in [2.45, 2.75) is 6.92 Å². The highest BCUT2D eigenvalue weighted by molar-refractivity contribution is 6.32. The maximum absolute atomic E-state index is 13.5. The minimum Gasteiger partial charge on any atom is -0.375 e. The molecule has 1 fully saturated rings. The average Bonchev–Trinajstić information content (AvgIpc) is 3.16. The highest BCUT2D eigenvalue weighted by atomic mass is 35.5. The molecule has 3 aromatic rings. The summed E-state index contributed by atoms with van der Waals surface area (Å²) in [7, 11) is 1.51. The van der Waals surface area contributed by atoms with Crippen LogP contribution < -0.4 is 0 Å². The molecular weight excluding hydrogens is 426 g/mol. The van der Waals surface area contributed by atoms with Gasteiger partial charge in [-0.15, -0.1) is 0 Å². The number of methoxy groups -OCH3 is 1. The third-order valence-electron chi connectivity index (χ3n) is 5.83. The van der Waals surface area contributed by atoms with Crippen molar-refractivity contribution in [2.24, 2.45) is 0 Å². The van der Waals surface area contributed by atoms with Crippen LogP contribution in [-0.2, 0) is 9.53 Å². The maximum atomic E-state index is 13.5. The van der Waals surface area contributed by atoms with Crippen molar-refractivity contribution >= 4 is 23.4 Å². The number of nitrogens with zero attached hydrogens (tertiary/aromatic N) is 3. The molecule has 0 saturated carbocycles. The molecule has 0 N–H and O–H groups in total. The zero-order valence-electron chi connectivity index (χ0n) is 18.3. The van der Waals surface area contributed by atoms with Gasteiger partial charge in [0.25, 0.3) is 5.91 Å². The zero-order valence-corrected chi connectivity index (χ0v) is 19.0. The van der Waals surface area contributed by atoms with Crippen LogP contribution in [0.2, 0.25) is 5.02 Å². The Morgan fingerprint density at radius 2 is 1.56 bits per heavy atom. The Morgan fingerprint density at radius 3 is 2.22 bits per heavy atom. The Balaban J connectivity index is 1.68. The molecule has 6 nitrogen and oxygen atoms in total. The number of rotatable bonds is 5. The van der Waals surface area contributed by atoms with Crippen molar-refractivity contribution in [3.63, 3.8) is 0 Å². The predicted octanol–water partition coefficient (Wildman–Crippen LogP) is 4.04. The number of carbonyl (C=O) groups excluding carboxylic acids is 2. The molecule has 2 aromatic carbocycles. The molecule has 1 aliphatic rings. The first kappa shape index (κ1) is 22.1. The van der Waals surface area contributed by atoms with Crippen LogP contribution in [0.15, 0.2) is 60.7 Å². The topological polar surface area (TPSA) is 54.8 Å². The number of aromatic nitrogens is 1. The first-order valence-electron chi connectivity index (χ1n) is 10.6.